The zero-order valence-electron chi connectivity index (χ0n) is 10.4. The van der Waals surface area contributed by atoms with Crippen LogP contribution in [0.25, 0.3) is 11.4 Å². The smallest absolute Gasteiger partial charge is 0.373 e. The Kier molecular flexibility index (Phi) is 3.01. The van der Waals surface area contributed by atoms with Crippen LogP contribution in [0.5, 0.6) is 0 Å². The number of halogens is 3. The third-order valence-corrected chi connectivity index (χ3v) is 3.38. The second-order valence-electron chi connectivity index (χ2n) is 4.76. The molecule has 1 N–H and O–H groups in total. The standard InChI is InChI=1S/C13H12F3N3O/c14-13(15,16)9-4-1-3-8(7-9)12-18-17-10-5-2-6-11(20)19(10)12/h1,3-4,7,11,20H,2,5-6H2. The molecule has 1 unspecified atom stereocenters. The molecule has 0 saturated carbocycles. The highest BCUT2D eigenvalue weighted by Crippen LogP contribution is 2.33. The Labute approximate surface area is 112 Å². The maximum Gasteiger partial charge on any atom is 0.416 e. The highest BCUT2D eigenvalue weighted by atomic mass is 19.4. The van der Waals surface area contributed by atoms with E-state index in [1.54, 1.807) is 0 Å². The Morgan fingerprint density at radius 2 is 2.05 bits per heavy atom. The molecule has 0 fully saturated rings. The quantitative estimate of drug-likeness (QED) is 0.875. The fourth-order valence-corrected chi connectivity index (χ4v) is 2.41. The van der Waals surface area contributed by atoms with Gasteiger partial charge in [0.15, 0.2) is 5.82 Å². The Morgan fingerprint density at radius 1 is 1.25 bits per heavy atom. The summed E-state index contributed by atoms with van der Waals surface area (Å²) in [4.78, 5) is 0. The van der Waals surface area contributed by atoms with Crippen molar-refractivity contribution in [3.63, 3.8) is 0 Å². The van der Waals surface area contributed by atoms with Crippen molar-refractivity contribution in [3.05, 3.63) is 35.7 Å². The average Bonchev–Trinajstić information content (AvgIpc) is 2.83. The summed E-state index contributed by atoms with van der Waals surface area (Å²) in [6, 6.07) is 4.90. The lowest BCUT2D eigenvalue weighted by atomic mass is 10.1. The van der Waals surface area contributed by atoms with Crippen molar-refractivity contribution in [1.29, 1.82) is 0 Å². The summed E-state index contributed by atoms with van der Waals surface area (Å²) in [5.74, 6) is 0.884. The molecule has 0 aliphatic carbocycles. The molecule has 7 heteroatoms. The van der Waals surface area contributed by atoms with Crippen LogP contribution in [-0.4, -0.2) is 19.9 Å². The number of alkyl halides is 3. The van der Waals surface area contributed by atoms with Crippen molar-refractivity contribution < 1.29 is 18.3 Å². The number of nitrogens with zero attached hydrogens (tertiary/aromatic N) is 3. The predicted molar refractivity (Wildman–Crippen MR) is 64.7 cm³/mol. The van der Waals surface area contributed by atoms with Crippen molar-refractivity contribution in [1.82, 2.24) is 14.8 Å². The minimum Gasteiger partial charge on any atom is -0.373 e. The number of aromatic nitrogens is 3. The number of fused-ring (bicyclic) bond motifs is 1. The van der Waals surface area contributed by atoms with Gasteiger partial charge in [0.25, 0.3) is 0 Å². The monoisotopic (exact) mass is 283 g/mol. The second kappa shape index (κ2) is 4.59. The molecule has 2 heterocycles. The zero-order chi connectivity index (χ0) is 14.3. The van der Waals surface area contributed by atoms with E-state index in [2.05, 4.69) is 10.2 Å². The van der Waals surface area contributed by atoms with Crippen LogP contribution in [0.2, 0.25) is 0 Å². The first-order chi connectivity index (χ1) is 9.47. The van der Waals surface area contributed by atoms with Gasteiger partial charge in [-0.1, -0.05) is 12.1 Å². The van der Waals surface area contributed by atoms with Crippen molar-refractivity contribution in [2.75, 3.05) is 0 Å². The van der Waals surface area contributed by atoms with Gasteiger partial charge in [-0.3, -0.25) is 4.57 Å². The van der Waals surface area contributed by atoms with Crippen molar-refractivity contribution in [2.24, 2.45) is 0 Å². The molecule has 0 saturated heterocycles. The number of aliphatic hydroxyl groups excluding tert-OH is 1. The third kappa shape index (κ3) is 2.18. The average molecular weight is 283 g/mol. The van der Waals surface area contributed by atoms with E-state index in [-0.39, 0.29) is 5.82 Å². The largest absolute Gasteiger partial charge is 0.416 e. The molecule has 106 valence electrons. The maximum atomic E-state index is 12.7. The van der Waals surface area contributed by atoms with E-state index in [0.29, 0.717) is 24.2 Å². The van der Waals surface area contributed by atoms with Crippen LogP contribution in [0, 0.1) is 0 Å². The van der Waals surface area contributed by atoms with Crippen LogP contribution in [0.4, 0.5) is 13.2 Å². The van der Waals surface area contributed by atoms with E-state index in [9.17, 15) is 18.3 Å². The van der Waals surface area contributed by atoms with Gasteiger partial charge in [0.1, 0.15) is 12.1 Å². The summed E-state index contributed by atoms with van der Waals surface area (Å²) in [5.41, 5.74) is -0.433. The van der Waals surface area contributed by atoms with Crippen LogP contribution in [-0.2, 0) is 12.6 Å². The molecule has 0 spiro atoms. The lowest BCUT2D eigenvalue weighted by Gasteiger charge is -2.21. The normalized spacial score (nSPS) is 18.9. The Balaban J connectivity index is 2.08. The van der Waals surface area contributed by atoms with Crippen molar-refractivity contribution in [3.8, 4) is 11.4 Å². The number of benzene rings is 1. The Bertz CT molecular complexity index is 636. The highest BCUT2D eigenvalue weighted by molar-refractivity contribution is 5.57. The molecule has 0 bridgehead atoms. The van der Waals surface area contributed by atoms with E-state index in [1.165, 1.54) is 16.7 Å². The molecular weight excluding hydrogens is 271 g/mol. The van der Waals surface area contributed by atoms with E-state index in [4.69, 9.17) is 0 Å². The molecule has 4 nitrogen and oxygen atoms in total. The van der Waals surface area contributed by atoms with Gasteiger partial charge in [0.2, 0.25) is 0 Å². The molecule has 0 amide bonds. The van der Waals surface area contributed by atoms with Crippen LogP contribution in [0.15, 0.2) is 24.3 Å². The van der Waals surface area contributed by atoms with E-state index in [1.807, 2.05) is 0 Å². The fraction of sp³-hybridized carbons (Fsp3) is 0.385. The van der Waals surface area contributed by atoms with Gasteiger partial charge in [-0.05, 0) is 25.0 Å². The molecular formula is C13H12F3N3O. The zero-order valence-corrected chi connectivity index (χ0v) is 10.4. The molecule has 20 heavy (non-hydrogen) atoms. The first-order valence-electron chi connectivity index (χ1n) is 6.26. The second-order valence-corrected chi connectivity index (χ2v) is 4.76. The Morgan fingerprint density at radius 3 is 2.80 bits per heavy atom. The fourth-order valence-electron chi connectivity index (χ4n) is 2.41. The lowest BCUT2D eigenvalue weighted by molar-refractivity contribution is -0.137. The maximum absolute atomic E-state index is 12.7. The third-order valence-electron chi connectivity index (χ3n) is 3.38. The summed E-state index contributed by atoms with van der Waals surface area (Å²) < 4.78 is 39.7. The number of aryl methyl sites for hydroxylation is 1. The van der Waals surface area contributed by atoms with Gasteiger partial charge in [-0.15, -0.1) is 10.2 Å². The molecule has 1 aliphatic rings. The molecule has 0 radical (unpaired) electrons. The highest BCUT2D eigenvalue weighted by Gasteiger charge is 2.31. The summed E-state index contributed by atoms with van der Waals surface area (Å²) in [5, 5.41) is 17.9. The van der Waals surface area contributed by atoms with E-state index >= 15 is 0 Å². The minimum absolute atomic E-state index is 0.276. The summed E-state index contributed by atoms with van der Waals surface area (Å²) in [6.07, 6.45) is -3.17. The number of aliphatic hydroxyl groups is 1. The van der Waals surface area contributed by atoms with Crippen molar-refractivity contribution >= 4 is 0 Å². The van der Waals surface area contributed by atoms with Gasteiger partial charge in [-0.25, -0.2) is 0 Å². The number of rotatable bonds is 1. The van der Waals surface area contributed by atoms with Gasteiger partial charge >= 0.3 is 6.18 Å². The summed E-state index contributed by atoms with van der Waals surface area (Å²) in [7, 11) is 0. The predicted octanol–water partition coefficient (Wildman–Crippen LogP) is 2.79. The molecule has 1 atom stereocenters. The van der Waals surface area contributed by atoms with Gasteiger partial charge < -0.3 is 5.11 Å². The van der Waals surface area contributed by atoms with Crippen molar-refractivity contribution in [2.45, 2.75) is 31.7 Å². The van der Waals surface area contributed by atoms with Crippen LogP contribution in [0.1, 0.15) is 30.5 Å². The summed E-state index contributed by atoms with van der Waals surface area (Å²) >= 11 is 0. The molecule has 1 aromatic heterocycles. The molecule has 2 aromatic rings. The number of hydrogen-bond donors (Lipinski definition) is 1. The van der Waals surface area contributed by atoms with E-state index in [0.717, 1.165) is 18.6 Å². The molecule has 1 aliphatic heterocycles. The van der Waals surface area contributed by atoms with E-state index < -0.39 is 18.0 Å². The van der Waals surface area contributed by atoms with Crippen LogP contribution < -0.4 is 0 Å². The first-order valence-corrected chi connectivity index (χ1v) is 6.26. The Hall–Kier alpha value is -1.89. The molecule has 1 aromatic carbocycles. The number of hydrogen-bond acceptors (Lipinski definition) is 3. The van der Waals surface area contributed by atoms with Gasteiger partial charge in [0.05, 0.1) is 5.56 Å². The van der Waals surface area contributed by atoms with Crippen LogP contribution >= 0.6 is 0 Å². The first kappa shape index (κ1) is 13.1. The SMILES string of the molecule is OC1CCCc2nnc(-c3cccc(C(F)(F)F)c3)n21. The molecule has 3 rings (SSSR count). The van der Waals surface area contributed by atoms with Crippen LogP contribution in [0.3, 0.4) is 0 Å². The topological polar surface area (TPSA) is 50.9 Å². The minimum atomic E-state index is -4.40. The van der Waals surface area contributed by atoms with Gasteiger partial charge in [-0.2, -0.15) is 13.2 Å². The van der Waals surface area contributed by atoms with Gasteiger partial charge in [0, 0.05) is 12.0 Å². The summed E-state index contributed by atoms with van der Waals surface area (Å²) in [6.45, 7) is 0. The lowest BCUT2D eigenvalue weighted by Crippen LogP contribution is -2.18.